The number of carbonyl (C=O) groups excluding carboxylic acids is 2. The molecule has 1 aliphatic rings. The van der Waals surface area contributed by atoms with Gasteiger partial charge in [0.2, 0.25) is 0 Å². The topological polar surface area (TPSA) is 87.7 Å². The number of methoxy groups -OCH3 is 1. The van der Waals surface area contributed by atoms with Gasteiger partial charge in [0.1, 0.15) is 5.75 Å². The van der Waals surface area contributed by atoms with Crippen molar-refractivity contribution in [2.24, 2.45) is 0 Å². The van der Waals surface area contributed by atoms with Gasteiger partial charge in [-0.25, -0.2) is 9.59 Å². The van der Waals surface area contributed by atoms with Crippen LogP contribution in [0.3, 0.4) is 0 Å². The summed E-state index contributed by atoms with van der Waals surface area (Å²) in [6, 6.07) is 2.03. The van der Waals surface area contributed by atoms with Gasteiger partial charge in [-0.05, 0) is 35.0 Å². The zero-order valence-electron chi connectivity index (χ0n) is 11.2. The molecule has 1 aromatic rings. The van der Waals surface area contributed by atoms with Crippen LogP contribution in [-0.2, 0) is 9.53 Å². The van der Waals surface area contributed by atoms with Gasteiger partial charge in [-0.2, -0.15) is 0 Å². The maximum atomic E-state index is 12.0. The Bertz CT molecular complexity index is 658. The van der Waals surface area contributed by atoms with Crippen molar-refractivity contribution in [3.8, 4) is 5.75 Å². The Kier molecular flexibility index (Phi) is 4.58. The van der Waals surface area contributed by atoms with Gasteiger partial charge in [0.15, 0.2) is 0 Å². The fourth-order valence-electron chi connectivity index (χ4n) is 2.11. The van der Waals surface area contributed by atoms with Crippen molar-refractivity contribution >= 4 is 43.9 Å². The molecule has 3 N–H and O–H groups in total. The van der Waals surface area contributed by atoms with Crippen molar-refractivity contribution < 1.29 is 19.4 Å². The monoisotopic (exact) mass is 418 g/mol. The highest BCUT2D eigenvalue weighted by atomic mass is 79.9. The number of carbonyl (C=O) groups is 2. The van der Waals surface area contributed by atoms with Gasteiger partial charge < -0.3 is 20.5 Å². The highest BCUT2D eigenvalue weighted by Gasteiger charge is 2.33. The number of hydrogen-bond acceptors (Lipinski definition) is 4. The minimum absolute atomic E-state index is 0.0559. The predicted octanol–water partition coefficient (Wildman–Crippen LogP) is 2.72. The van der Waals surface area contributed by atoms with Crippen LogP contribution in [0.15, 0.2) is 32.3 Å². The quantitative estimate of drug-likeness (QED) is 0.643. The number of nitrogens with one attached hydrogen (secondary N) is 2. The Morgan fingerprint density at radius 1 is 1.38 bits per heavy atom. The molecule has 2 rings (SSSR count). The first-order chi connectivity index (χ1) is 9.85. The molecule has 0 aromatic heterocycles. The Balaban J connectivity index is 2.62. The summed E-state index contributed by atoms with van der Waals surface area (Å²) in [7, 11) is 1.26. The highest BCUT2D eigenvalue weighted by molar-refractivity contribution is 9.11. The first-order valence-electron chi connectivity index (χ1n) is 5.89. The molecule has 1 aliphatic heterocycles. The van der Waals surface area contributed by atoms with Crippen LogP contribution in [0.2, 0.25) is 0 Å². The van der Waals surface area contributed by atoms with E-state index in [9.17, 15) is 14.7 Å². The molecule has 0 spiro atoms. The van der Waals surface area contributed by atoms with Gasteiger partial charge in [0.05, 0.1) is 23.2 Å². The van der Waals surface area contributed by atoms with E-state index < -0.39 is 18.0 Å². The van der Waals surface area contributed by atoms with E-state index in [0.29, 0.717) is 20.2 Å². The lowest BCUT2D eigenvalue weighted by Crippen LogP contribution is -2.45. The molecule has 1 atom stereocenters. The van der Waals surface area contributed by atoms with E-state index in [1.54, 1.807) is 19.1 Å². The Hall–Kier alpha value is -1.54. The van der Waals surface area contributed by atoms with Crippen LogP contribution in [-0.4, -0.2) is 24.2 Å². The van der Waals surface area contributed by atoms with E-state index in [1.165, 1.54) is 7.11 Å². The molecule has 2 amide bonds. The lowest BCUT2D eigenvalue weighted by Gasteiger charge is -2.28. The third-order valence-electron chi connectivity index (χ3n) is 3.04. The molecular formula is C13H12Br2N2O4. The fraction of sp³-hybridized carbons (Fsp3) is 0.231. The van der Waals surface area contributed by atoms with Gasteiger partial charge in [-0.15, -0.1) is 0 Å². The molecule has 0 saturated heterocycles. The standard InChI is InChI=1S/C13H12Br2N2O4/c1-5-9(12(19)21-2)10(17-13(20)16-5)7-3-6(14)4-8(15)11(7)18/h3-4,10,18H,1-2H3,(H2,16,17,20)/t10-/m0/s1. The van der Waals surface area contributed by atoms with Crippen LogP contribution in [0, 0.1) is 0 Å². The smallest absolute Gasteiger partial charge is 0.337 e. The number of phenols is 1. The van der Waals surface area contributed by atoms with Gasteiger partial charge >= 0.3 is 12.0 Å². The maximum Gasteiger partial charge on any atom is 0.337 e. The number of rotatable bonds is 2. The second-order valence-electron chi connectivity index (χ2n) is 4.39. The number of halogens is 2. The highest BCUT2D eigenvalue weighted by Crippen LogP contribution is 2.39. The lowest BCUT2D eigenvalue weighted by molar-refractivity contribution is -0.136. The number of allylic oxidation sites excluding steroid dienone is 1. The number of amides is 2. The number of ether oxygens (including phenoxy) is 1. The third-order valence-corrected chi connectivity index (χ3v) is 4.11. The minimum atomic E-state index is -0.806. The van der Waals surface area contributed by atoms with Gasteiger partial charge in [0, 0.05) is 15.7 Å². The van der Waals surface area contributed by atoms with Crippen LogP contribution in [0.25, 0.3) is 0 Å². The van der Waals surface area contributed by atoms with Gasteiger partial charge in [0.25, 0.3) is 0 Å². The molecule has 1 heterocycles. The van der Waals surface area contributed by atoms with E-state index in [2.05, 4.69) is 42.5 Å². The zero-order valence-corrected chi connectivity index (χ0v) is 14.3. The van der Waals surface area contributed by atoms with Crippen LogP contribution in [0.1, 0.15) is 18.5 Å². The largest absolute Gasteiger partial charge is 0.506 e. The second-order valence-corrected chi connectivity index (χ2v) is 6.16. The molecule has 112 valence electrons. The minimum Gasteiger partial charge on any atom is -0.506 e. The Morgan fingerprint density at radius 2 is 2.05 bits per heavy atom. The van der Waals surface area contributed by atoms with E-state index >= 15 is 0 Å². The Morgan fingerprint density at radius 3 is 2.67 bits per heavy atom. The van der Waals surface area contributed by atoms with Crippen LogP contribution < -0.4 is 10.6 Å². The van der Waals surface area contributed by atoms with E-state index in [0.717, 1.165) is 0 Å². The Labute approximate surface area is 137 Å². The van der Waals surface area contributed by atoms with Crippen molar-refractivity contribution in [1.29, 1.82) is 0 Å². The zero-order chi connectivity index (χ0) is 15.7. The average Bonchev–Trinajstić information content (AvgIpc) is 2.41. The van der Waals surface area contributed by atoms with Crippen molar-refractivity contribution in [2.45, 2.75) is 13.0 Å². The molecule has 0 radical (unpaired) electrons. The lowest BCUT2D eigenvalue weighted by atomic mass is 9.95. The number of hydrogen-bond donors (Lipinski definition) is 3. The first-order valence-corrected chi connectivity index (χ1v) is 7.48. The summed E-state index contributed by atoms with van der Waals surface area (Å²) in [5.41, 5.74) is 0.995. The summed E-state index contributed by atoms with van der Waals surface area (Å²) in [4.78, 5) is 23.7. The van der Waals surface area contributed by atoms with Crippen molar-refractivity contribution in [2.75, 3.05) is 7.11 Å². The molecule has 0 bridgehead atoms. The van der Waals surface area contributed by atoms with E-state index in [4.69, 9.17) is 4.74 Å². The van der Waals surface area contributed by atoms with Crippen LogP contribution in [0.5, 0.6) is 5.75 Å². The van der Waals surface area contributed by atoms with Crippen LogP contribution in [0.4, 0.5) is 4.79 Å². The third kappa shape index (κ3) is 3.06. The number of aromatic hydroxyl groups is 1. The molecule has 8 heteroatoms. The summed E-state index contributed by atoms with van der Waals surface area (Å²) < 4.78 is 5.89. The molecule has 21 heavy (non-hydrogen) atoms. The summed E-state index contributed by atoms with van der Waals surface area (Å²) in [6.07, 6.45) is 0. The number of phenolic OH excluding ortho intramolecular Hbond substituents is 1. The molecule has 0 saturated carbocycles. The van der Waals surface area contributed by atoms with Crippen molar-refractivity contribution in [3.05, 3.63) is 37.9 Å². The summed E-state index contributed by atoms with van der Waals surface area (Å²) >= 11 is 6.54. The maximum absolute atomic E-state index is 12.0. The molecule has 0 fully saturated rings. The van der Waals surface area contributed by atoms with Crippen molar-refractivity contribution in [1.82, 2.24) is 10.6 Å². The summed E-state index contributed by atoms with van der Waals surface area (Å²) in [5, 5.41) is 15.3. The van der Waals surface area contributed by atoms with Crippen molar-refractivity contribution in [3.63, 3.8) is 0 Å². The van der Waals surface area contributed by atoms with Gasteiger partial charge in [-0.1, -0.05) is 15.9 Å². The second kappa shape index (κ2) is 6.07. The summed E-state index contributed by atoms with van der Waals surface area (Å²) in [5.74, 6) is -0.639. The number of benzene rings is 1. The summed E-state index contributed by atoms with van der Waals surface area (Å²) in [6.45, 7) is 1.60. The first kappa shape index (κ1) is 15.8. The van der Waals surface area contributed by atoms with E-state index in [-0.39, 0.29) is 11.3 Å². The fourth-order valence-corrected chi connectivity index (χ4v) is 3.37. The van der Waals surface area contributed by atoms with Crippen LogP contribution >= 0.6 is 31.9 Å². The molecule has 6 nitrogen and oxygen atoms in total. The number of urea groups is 1. The SMILES string of the molecule is COC(=O)C1=C(C)NC(=O)N[C@H]1c1cc(Br)cc(Br)c1O. The number of esters is 1. The molecule has 0 aliphatic carbocycles. The van der Waals surface area contributed by atoms with E-state index in [1.807, 2.05) is 0 Å². The molecule has 0 unspecified atom stereocenters. The molecule has 1 aromatic carbocycles. The average molecular weight is 420 g/mol. The predicted molar refractivity (Wildman–Crippen MR) is 82.6 cm³/mol. The normalized spacial score (nSPS) is 18.1. The molecular weight excluding hydrogens is 408 g/mol. The van der Waals surface area contributed by atoms with Gasteiger partial charge in [-0.3, -0.25) is 0 Å².